The van der Waals surface area contributed by atoms with Gasteiger partial charge in [0, 0.05) is 0 Å². The number of ether oxygens (including phenoxy) is 1. The lowest BCUT2D eigenvalue weighted by Gasteiger charge is -2.08. The summed E-state index contributed by atoms with van der Waals surface area (Å²) < 4.78 is 4.73. The molecule has 3 nitrogen and oxygen atoms in total. The molecule has 46 valence electrons. The summed E-state index contributed by atoms with van der Waals surface area (Å²) >= 11 is 0. The summed E-state index contributed by atoms with van der Waals surface area (Å²) in [6.45, 7) is -0.131. The van der Waals surface area contributed by atoms with E-state index in [4.69, 9.17) is 14.9 Å². The van der Waals surface area contributed by atoms with Crippen LogP contribution in [-0.4, -0.2) is 29.0 Å². The first kappa shape index (κ1) is 5.59. The fourth-order valence-electron chi connectivity index (χ4n) is 0.582. The van der Waals surface area contributed by atoms with Crippen LogP contribution >= 0.6 is 0 Å². The van der Waals surface area contributed by atoms with Crippen molar-refractivity contribution in [3.05, 3.63) is 12.3 Å². The van der Waals surface area contributed by atoms with Crippen molar-refractivity contribution in [2.75, 3.05) is 6.61 Å². The van der Waals surface area contributed by atoms with Gasteiger partial charge in [0.2, 0.25) is 0 Å². The van der Waals surface area contributed by atoms with Gasteiger partial charge in [-0.05, 0) is 6.08 Å². The minimum atomic E-state index is -0.625. The highest BCUT2D eigenvalue weighted by Gasteiger charge is 2.20. The van der Waals surface area contributed by atoms with Crippen molar-refractivity contribution in [2.45, 2.75) is 12.2 Å². The third-order valence-corrected chi connectivity index (χ3v) is 1.09. The average molecular weight is 116 g/mol. The van der Waals surface area contributed by atoms with E-state index in [-0.39, 0.29) is 6.61 Å². The average Bonchev–Trinajstić information content (AvgIpc) is 2.14. The molecule has 1 rings (SSSR count). The normalized spacial score (nSPS) is 35.2. The molecule has 8 heavy (non-hydrogen) atoms. The van der Waals surface area contributed by atoms with Gasteiger partial charge in [-0.2, -0.15) is 0 Å². The molecule has 0 unspecified atom stereocenters. The zero-order valence-electron chi connectivity index (χ0n) is 4.32. The molecule has 0 saturated carbocycles. The summed E-state index contributed by atoms with van der Waals surface area (Å²) in [5.74, 6) is 0. The van der Waals surface area contributed by atoms with Gasteiger partial charge in [-0.15, -0.1) is 0 Å². The third-order valence-electron chi connectivity index (χ3n) is 1.09. The van der Waals surface area contributed by atoms with Gasteiger partial charge in [0.15, 0.2) is 6.10 Å². The van der Waals surface area contributed by atoms with Crippen LogP contribution in [0.15, 0.2) is 12.3 Å². The second-order valence-corrected chi connectivity index (χ2v) is 1.68. The minimum absolute atomic E-state index is 0.131. The largest absolute Gasteiger partial charge is 0.493 e. The zero-order valence-corrected chi connectivity index (χ0v) is 4.32. The van der Waals surface area contributed by atoms with Gasteiger partial charge in [-0.25, -0.2) is 0 Å². The van der Waals surface area contributed by atoms with Crippen molar-refractivity contribution in [3.63, 3.8) is 0 Å². The Morgan fingerprint density at radius 3 is 2.62 bits per heavy atom. The SMILES string of the molecule is OC[C@@H]1OC=C[C@H]1O. The summed E-state index contributed by atoms with van der Waals surface area (Å²) in [4.78, 5) is 0. The van der Waals surface area contributed by atoms with Crippen LogP contribution in [0.25, 0.3) is 0 Å². The minimum Gasteiger partial charge on any atom is -0.493 e. The number of hydrogen-bond acceptors (Lipinski definition) is 3. The van der Waals surface area contributed by atoms with Crippen LogP contribution < -0.4 is 0 Å². The van der Waals surface area contributed by atoms with E-state index in [1.165, 1.54) is 12.3 Å². The standard InChI is InChI=1S/C5H8O3/c6-3-5-4(7)1-2-8-5/h1-2,4-7H,3H2/t4-,5+/m1/s1. The Morgan fingerprint density at radius 2 is 2.38 bits per heavy atom. The van der Waals surface area contributed by atoms with Crippen LogP contribution in [0.2, 0.25) is 0 Å². The second-order valence-electron chi connectivity index (χ2n) is 1.68. The first-order chi connectivity index (χ1) is 3.84. The summed E-state index contributed by atoms with van der Waals surface area (Å²) in [6, 6.07) is 0. The van der Waals surface area contributed by atoms with Gasteiger partial charge in [0.05, 0.1) is 12.9 Å². The number of aliphatic hydroxyl groups excluding tert-OH is 2. The Morgan fingerprint density at radius 1 is 1.62 bits per heavy atom. The molecule has 1 aliphatic heterocycles. The molecule has 0 radical (unpaired) electrons. The van der Waals surface area contributed by atoms with Crippen molar-refractivity contribution < 1.29 is 14.9 Å². The molecular weight excluding hydrogens is 108 g/mol. The molecule has 0 spiro atoms. The van der Waals surface area contributed by atoms with Gasteiger partial charge >= 0.3 is 0 Å². The molecule has 2 atom stereocenters. The fourth-order valence-corrected chi connectivity index (χ4v) is 0.582. The summed E-state index contributed by atoms with van der Waals surface area (Å²) in [6.07, 6.45) is 1.84. The Kier molecular flexibility index (Phi) is 1.50. The number of rotatable bonds is 1. The Bertz CT molecular complexity index is 99.8. The quantitative estimate of drug-likeness (QED) is 0.474. The van der Waals surface area contributed by atoms with Crippen LogP contribution in [0.5, 0.6) is 0 Å². The van der Waals surface area contributed by atoms with Crippen molar-refractivity contribution >= 4 is 0 Å². The molecule has 0 aromatic heterocycles. The van der Waals surface area contributed by atoms with E-state index in [0.29, 0.717) is 0 Å². The molecule has 1 aliphatic rings. The fraction of sp³-hybridized carbons (Fsp3) is 0.600. The molecule has 2 N–H and O–H groups in total. The Hall–Kier alpha value is -0.540. The second kappa shape index (κ2) is 2.15. The van der Waals surface area contributed by atoms with Crippen molar-refractivity contribution in [3.8, 4) is 0 Å². The van der Waals surface area contributed by atoms with Crippen LogP contribution in [-0.2, 0) is 4.74 Å². The van der Waals surface area contributed by atoms with Gasteiger partial charge in [0.25, 0.3) is 0 Å². The number of aliphatic hydroxyl groups is 2. The third kappa shape index (κ3) is 0.827. The molecule has 0 aliphatic carbocycles. The Labute approximate surface area is 47.2 Å². The molecule has 0 saturated heterocycles. The lowest BCUT2D eigenvalue weighted by molar-refractivity contribution is 0.0217. The predicted octanol–water partition coefficient (Wildman–Crippen LogP) is -0.748. The van der Waals surface area contributed by atoms with E-state index in [1.54, 1.807) is 0 Å². The van der Waals surface area contributed by atoms with Gasteiger partial charge in [-0.1, -0.05) is 0 Å². The van der Waals surface area contributed by atoms with Crippen molar-refractivity contribution in [1.29, 1.82) is 0 Å². The highest BCUT2D eigenvalue weighted by molar-refractivity contribution is 4.95. The molecule has 0 bridgehead atoms. The molecule has 3 heteroatoms. The van der Waals surface area contributed by atoms with E-state index in [1.807, 2.05) is 0 Å². The molecule has 0 aromatic rings. The maximum Gasteiger partial charge on any atom is 0.150 e. The van der Waals surface area contributed by atoms with Crippen LogP contribution in [0.4, 0.5) is 0 Å². The van der Waals surface area contributed by atoms with Gasteiger partial charge in [-0.3, -0.25) is 0 Å². The van der Waals surface area contributed by atoms with E-state index >= 15 is 0 Å². The molecule has 1 heterocycles. The summed E-state index contributed by atoms with van der Waals surface area (Å²) in [7, 11) is 0. The highest BCUT2D eigenvalue weighted by Crippen LogP contribution is 2.07. The molecule has 0 aromatic carbocycles. The first-order valence-electron chi connectivity index (χ1n) is 2.45. The highest BCUT2D eigenvalue weighted by atomic mass is 16.5. The van der Waals surface area contributed by atoms with Crippen LogP contribution in [0.1, 0.15) is 0 Å². The maximum atomic E-state index is 8.82. The molecular formula is C5H8O3. The smallest absolute Gasteiger partial charge is 0.150 e. The number of hydrogen-bond donors (Lipinski definition) is 2. The van der Waals surface area contributed by atoms with E-state index in [9.17, 15) is 0 Å². The zero-order chi connectivity index (χ0) is 5.98. The van der Waals surface area contributed by atoms with Crippen LogP contribution in [0, 0.1) is 0 Å². The monoisotopic (exact) mass is 116 g/mol. The Balaban J connectivity index is 2.38. The van der Waals surface area contributed by atoms with Crippen LogP contribution in [0.3, 0.4) is 0 Å². The maximum absolute atomic E-state index is 8.82. The molecule has 0 fully saturated rings. The first-order valence-corrected chi connectivity index (χ1v) is 2.45. The summed E-state index contributed by atoms with van der Waals surface area (Å²) in [5, 5.41) is 17.2. The van der Waals surface area contributed by atoms with Gasteiger partial charge in [0.1, 0.15) is 6.10 Å². The van der Waals surface area contributed by atoms with Crippen molar-refractivity contribution in [2.24, 2.45) is 0 Å². The topological polar surface area (TPSA) is 49.7 Å². The van der Waals surface area contributed by atoms with Gasteiger partial charge < -0.3 is 14.9 Å². The molecule has 0 amide bonds. The van der Waals surface area contributed by atoms with E-state index in [0.717, 1.165) is 0 Å². The summed E-state index contributed by atoms with van der Waals surface area (Å²) in [5.41, 5.74) is 0. The predicted molar refractivity (Wildman–Crippen MR) is 27.1 cm³/mol. The van der Waals surface area contributed by atoms with E-state index in [2.05, 4.69) is 0 Å². The lowest BCUT2D eigenvalue weighted by Crippen LogP contribution is -2.24. The van der Waals surface area contributed by atoms with Crippen molar-refractivity contribution in [1.82, 2.24) is 0 Å². The van der Waals surface area contributed by atoms with E-state index < -0.39 is 12.2 Å². The lowest BCUT2D eigenvalue weighted by atomic mass is 10.2.